The average Bonchev–Trinajstić information content (AvgIpc) is 2.03. The van der Waals surface area contributed by atoms with Crippen LogP contribution in [-0.4, -0.2) is 35.2 Å². The van der Waals surface area contributed by atoms with Gasteiger partial charge in [0.15, 0.2) is 0 Å². The van der Waals surface area contributed by atoms with E-state index in [1.807, 2.05) is 0 Å². The van der Waals surface area contributed by atoms with Gasteiger partial charge in [-0.3, -0.25) is 0 Å². The van der Waals surface area contributed by atoms with Gasteiger partial charge in [-0.15, -0.1) is 0 Å². The largest absolute Gasteiger partial charge is 0.393 e. The molecule has 2 aliphatic rings. The van der Waals surface area contributed by atoms with Crippen LogP contribution in [0.4, 0.5) is 0 Å². The second-order valence-electron chi connectivity index (χ2n) is 5.19. The normalized spacial score (nSPS) is 29.5. The van der Waals surface area contributed by atoms with Crippen LogP contribution >= 0.6 is 0 Å². The van der Waals surface area contributed by atoms with E-state index in [2.05, 4.69) is 18.7 Å². The number of hydrogen-bond acceptors (Lipinski definition) is 2. The lowest BCUT2D eigenvalue weighted by Gasteiger charge is -2.51. The Balaban J connectivity index is 1.83. The Morgan fingerprint density at radius 3 is 2.15 bits per heavy atom. The highest BCUT2D eigenvalue weighted by Crippen LogP contribution is 2.49. The molecule has 2 fully saturated rings. The maximum absolute atomic E-state index is 9.33. The summed E-state index contributed by atoms with van der Waals surface area (Å²) in [7, 11) is 0. The summed E-state index contributed by atoms with van der Waals surface area (Å²) in [5, 5.41) is 9.33. The van der Waals surface area contributed by atoms with Gasteiger partial charge in [0.25, 0.3) is 0 Å². The van der Waals surface area contributed by atoms with Crippen molar-refractivity contribution in [3.05, 3.63) is 0 Å². The molecule has 0 radical (unpaired) electrons. The Labute approximate surface area is 80.9 Å². The van der Waals surface area contributed by atoms with E-state index in [-0.39, 0.29) is 6.10 Å². The summed E-state index contributed by atoms with van der Waals surface area (Å²) in [6.45, 7) is 7.02. The molecule has 1 heterocycles. The van der Waals surface area contributed by atoms with Crippen molar-refractivity contribution in [3.8, 4) is 0 Å². The van der Waals surface area contributed by atoms with E-state index in [9.17, 15) is 5.11 Å². The predicted octanol–water partition coefficient (Wildman–Crippen LogP) is 1.63. The molecule has 1 N–H and O–H groups in total. The molecule has 1 saturated carbocycles. The molecule has 2 rings (SSSR count). The van der Waals surface area contributed by atoms with Crippen molar-refractivity contribution in [1.82, 2.24) is 4.90 Å². The maximum Gasteiger partial charge on any atom is 0.0550 e. The summed E-state index contributed by atoms with van der Waals surface area (Å²) in [6.07, 6.45) is 4.77. The molecule has 0 amide bonds. The smallest absolute Gasteiger partial charge is 0.0550 e. The minimum Gasteiger partial charge on any atom is -0.393 e. The molecule has 0 aromatic rings. The summed E-state index contributed by atoms with van der Waals surface area (Å²) < 4.78 is 0. The number of hydrogen-bond donors (Lipinski definition) is 1. The topological polar surface area (TPSA) is 23.5 Å². The van der Waals surface area contributed by atoms with Gasteiger partial charge in [0, 0.05) is 6.04 Å². The van der Waals surface area contributed by atoms with Crippen molar-refractivity contribution >= 4 is 0 Å². The van der Waals surface area contributed by atoms with Gasteiger partial charge >= 0.3 is 0 Å². The minimum atomic E-state index is 0.0191. The molecule has 0 bridgehead atoms. The van der Waals surface area contributed by atoms with Crippen LogP contribution < -0.4 is 0 Å². The molecule has 0 unspecified atom stereocenters. The van der Waals surface area contributed by atoms with E-state index >= 15 is 0 Å². The van der Waals surface area contributed by atoms with E-state index in [1.54, 1.807) is 0 Å². The third-order valence-electron chi connectivity index (χ3n) is 3.93. The zero-order valence-electron chi connectivity index (χ0n) is 8.79. The van der Waals surface area contributed by atoms with Gasteiger partial charge < -0.3 is 10.0 Å². The van der Waals surface area contributed by atoms with Gasteiger partial charge in [0.1, 0.15) is 0 Å². The molecule has 1 spiro atoms. The average molecular weight is 183 g/mol. The molecular weight excluding hydrogens is 162 g/mol. The Hall–Kier alpha value is -0.0800. The molecule has 13 heavy (non-hydrogen) atoms. The highest BCUT2D eigenvalue weighted by atomic mass is 16.3. The van der Waals surface area contributed by atoms with E-state index in [1.165, 1.54) is 25.9 Å². The first kappa shape index (κ1) is 9.47. The van der Waals surface area contributed by atoms with Crippen LogP contribution in [0.1, 0.15) is 39.5 Å². The van der Waals surface area contributed by atoms with E-state index in [0.717, 1.165) is 12.8 Å². The fraction of sp³-hybridized carbons (Fsp3) is 1.00. The van der Waals surface area contributed by atoms with E-state index in [0.29, 0.717) is 11.5 Å². The van der Waals surface area contributed by atoms with Crippen LogP contribution in [0.3, 0.4) is 0 Å². The molecule has 1 aliphatic heterocycles. The van der Waals surface area contributed by atoms with Gasteiger partial charge in [0.2, 0.25) is 0 Å². The third kappa shape index (κ3) is 1.75. The summed E-state index contributed by atoms with van der Waals surface area (Å²) >= 11 is 0. The van der Waals surface area contributed by atoms with E-state index in [4.69, 9.17) is 0 Å². The lowest BCUT2D eigenvalue weighted by atomic mass is 9.61. The number of aliphatic hydroxyl groups is 1. The Morgan fingerprint density at radius 1 is 1.23 bits per heavy atom. The number of rotatable bonds is 1. The van der Waals surface area contributed by atoms with E-state index < -0.39 is 0 Å². The lowest BCUT2D eigenvalue weighted by molar-refractivity contribution is -0.0715. The van der Waals surface area contributed by atoms with Gasteiger partial charge in [0.05, 0.1) is 6.10 Å². The fourth-order valence-electron chi connectivity index (χ4n) is 2.86. The summed E-state index contributed by atoms with van der Waals surface area (Å²) in [5.74, 6) is 0. The quantitative estimate of drug-likeness (QED) is 0.668. The third-order valence-corrected chi connectivity index (χ3v) is 3.93. The molecule has 1 saturated heterocycles. The maximum atomic E-state index is 9.33. The molecule has 0 aromatic heterocycles. The molecule has 2 nitrogen and oxygen atoms in total. The van der Waals surface area contributed by atoms with Crippen molar-refractivity contribution in [1.29, 1.82) is 0 Å². The molecule has 0 aromatic carbocycles. The highest BCUT2D eigenvalue weighted by Gasteiger charge is 2.45. The monoisotopic (exact) mass is 183 g/mol. The summed E-state index contributed by atoms with van der Waals surface area (Å²) in [5.41, 5.74) is 0.546. The van der Waals surface area contributed by atoms with Crippen molar-refractivity contribution in [2.45, 2.75) is 51.7 Å². The van der Waals surface area contributed by atoms with Gasteiger partial charge in [-0.2, -0.15) is 0 Å². The Morgan fingerprint density at radius 2 is 1.77 bits per heavy atom. The van der Waals surface area contributed by atoms with Crippen molar-refractivity contribution in [3.63, 3.8) is 0 Å². The molecular formula is C11H21NO. The fourth-order valence-corrected chi connectivity index (χ4v) is 2.86. The number of piperidine rings is 1. The number of likely N-dealkylation sites (tertiary alicyclic amines) is 1. The van der Waals surface area contributed by atoms with Crippen molar-refractivity contribution in [2.24, 2.45) is 5.41 Å². The second kappa shape index (κ2) is 3.25. The van der Waals surface area contributed by atoms with Gasteiger partial charge in [-0.1, -0.05) is 0 Å². The Bertz CT molecular complexity index is 175. The Kier molecular flexibility index (Phi) is 2.37. The van der Waals surface area contributed by atoms with Crippen LogP contribution in [-0.2, 0) is 0 Å². The first-order chi connectivity index (χ1) is 6.11. The SMILES string of the molecule is CC(C)N1CCC2(CC1)CC(O)C2. The van der Waals surface area contributed by atoms with Crippen LogP contribution in [0, 0.1) is 5.41 Å². The summed E-state index contributed by atoms with van der Waals surface area (Å²) in [6, 6.07) is 0.697. The zero-order chi connectivity index (χ0) is 9.47. The zero-order valence-corrected chi connectivity index (χ0v) is 8.79. The molecule has 1 aliphatic carbocycles. The molecule has 76 valence electrons. The second-order valence-corrected chi connectivity index (χ2v) is 5.19. The number of aliphatic hydroxyl groups excluding tert-OH is 1. The van der Waals surface area contributed by atoms with Crippen LogP contribution in [0.5, 0.6) is 0 Å². The van der Waals surface area contributed by atoms with Gasteiger partial charge in [-0.05, 0) is 58.0 Å². The van der Waals surface area contributed by atoms with Crippen LogP contribution in [0.15, 0.2) is 0 Å². The van der Waals surface area contributed by atoms with Crippen LogP contribution in [0.25, 0.3) is 0 Å². The first-order valence-electron chi connectivity index (χ1n) is 5.53. The lowest BCUT2D eigenvalue weighted by Crippen LogP contribution is -2.50. The first-order valence-corrected chi connectivity index (χ1v) is 5.53. The highest BCUT2D eigenvalue weighted by molar-refractivity contribution is 4.97. The molecule has 2 heteroatoms. The standard InChI is InChI=1S/C11H21NO/c1-9(2)12-5-3-11(4-6-12)7-10(13)8-11/h9-10,13H,3-8H2,1-2H3. The van der Waals surface area contributed by atoms with Crippen LogP contribution in [0.2, 0.25) is 0 Å². The predicted molar refractivity (Wildman–Crippen MR) is 53.6 cm³/mol. The van der Waals surface area contributed by atoms with Crippen molar-refractivity contribution in [2.75, 3.05) is 13.1 Å². The molecule has 0 atom stereocenters. The van der Waals surface area contributed by atoms with Gasteiger partial charge in [-0.25, -0.2) is 0 Å². The minimum absolute atomic E-state index is 0.0191. The van der Waals surface area contributed by atoms with Crippen molar-refractivity contribution < 1.29 is 5.11 Å². The number of nitrogens with zero attached hydrogens (tertiary/aromatic N) is 1. The summed E-state index contributed by atoms with van der Waals surface area (Å²) in [4.78, 5) is 2.55.